The van der Waals surface area contributed by atoms with Crippen LogP contribution >= 0.6 is 23.5 Å². The molecule has 0 amide bonds. The zero-order chi connectivity index (χ0) is 45.2. The van der Waals surface area contributed by atoms with Gasteiger partial charge in [0.25, 0.3) is 5.56 Å². The van der Waals surface area contributed by atoms with E-state index in [4.69, 9.17) is 36.8 Å². The minimum Gasteiger partial charge on any atom is -0.434 e. The van der Waals surface area contributed by atoms with Crippen molar-refractivity contribution < 1.29 is 74.2 Å². The zero-order valence-corrected chi connectivity index (χ0v) is 38.7. The van der Waals surface area contributed by atoms with Crippen LogP contribution in [0.15, 0.2) is 76.5 Å². The molecule has 0 saturated heterocycles. The summed E-state index contributed by atoms with van der Waals surface area (Å²) >= 11 is 0. The van der Waals surface area contributed by atoms with Crippen molar-refractivity contribution in [2.75, 3.05) is 13.2 Å². The second kappa shape index (κ2) is 27.4. The monoisotopic (exact) mass is 964 g/mol. The number of aromatic nitrogens is 2. The molecule has 0 fully saturated rings. The number of benzene rings is 2. The molecule has 3 unspecified atom stereocenters. The number of nitrogens with zero attached hydrogens (tertiary/aromatic N) is 1. The first-order chi connectivity index (χ1) is 29.5. The number of hydrogen-bond donors (Lipinski definition) is 5. The van der Waals surface area contributed by atoms with Crippen LogP contribution < -0.4 is 33.0 Å². The van der Waals surface area contributed by atoms with Gasteiger partial charge in [0.15, 0.2) is 6.23 Å². The van der Waals surface area contributed by atoms with Gasteiger partial charge in [0.05, 0.1) is 26.4 Å². The number of hydrogen-bond acceptors (Lipinski definition) is 18. The van der Waals surface area contributed by atoms with E-state index < -0.39 is 79.0 Å². The van der Waals surface area contributed by atoms with Crippen LogP contribution in [0.25, 0.3) is 0 Å². The maximum Gasteiger partial charge on any atom is 0.513 e. The Morgan fingerprint density at radius 2 is 1.28 bits per heavy atom. The molecule has 1 aliphatic rings. The van der Waals surface area contributed by atoms with Gasteiger partial charge in [-0.1, -0.05) is 95.6 Å². The topological polar surface area (TPSA) is 334 Å². The Hall–Kier alpha value is -4.11. The molecule has 0 aliphatic carbocycles. The Morgan fingerprint density at radius 3 is 1.84 bits per heavy atom. The molecule has 9 N–H and O–H groups in total. The molecule has 5 atom stereocenters. The van der Waals surface area contributed by atoms with Gasteiger partial charge < -0.3 is 41.0 Å². The summed E-state index contributed by atoms with van der Waals surface area (Å²) in [5, 5.41) is 0. The highest BCUT2D eigenvalue weighted by molar-refractivity contribution is 7.67. The highest BCUT2D eigenvalue weighted by Crippen LogP contribution is 2.69. The predicted molar refractivity (Wildman–Crippen MR) is 232 cm³/mol. The number of ether oxygens (including phenoxy) is 4. The lowest BCUT2D eigenvalue weighted by molar-refractivity contribution is -0.134. The number of nitrogens with one attached hydrogen (secondary N) is 1. The fraction of sp³-hybridized carbons (Fsp3) is 0.487. The van der Waals surface area contributed by atoms with Gasteiger partial charge in [-0.25, -0.2) is 23.3 Å². The lowest BCUT2D eigenvalue weighted by atomic mass is 10.1. The molecule has 0 saturated carbocycles. The molecule has 1 aliphatic heterocycles. The molecule has 64 heavy (non-hydrogen) atoms. The Balaban J connectivity index is 0.00000704. The fourth-order valence-electron chi connectivity index (χ4n) is 5.58. The van der Waals surface area contributed by atoms with E-state index in [0.717, 1.165) is 23.8 Å². The van der Waals surface area contributed by atoms with Crippen molar-refractivity contribution in [1.29, 1.82) is 0 Å². The van der Waals surface area contributed by atoms with Gasteiger partial charge in [-0.05, 0) is 54.8 Å². The van der Waals surface area contributed by atoms with E-state index in [1.807, 2.05) is 0 Å². The van der Waals surface area contributed by atoms with Crippen LogP contribution in [-0.2, 0) is 63.4 Å². The van der Waals surface area contributed by atoms with Gasteiger partial charge in [-0.15, -0.1) is 0 Å². The van der Waals surface area contributed by atoms with Gasteiger partial charge >= 0.3 is 41.3 Å². The van der Waals surface area contributed by atoms with Crippen LogP contribution in [0, 0.1) is 6.92 Å². The summed E-state index contributed by atoms with van der Waals surface area (Å²) in [7, 11) is -16.4. The SMILES string of the molecule is CCCCCCCCCCCOC(=O)Oc1ccc(COP(=O)(OCc2ccc(OC(=O)CC)cc2)OP(=O)(O)OP(=O)(O)OC[C@@H]2C=C[C@H](n3cc(C)c(=O)[nH]c3=O)O2)cc1.N.N. The quantitative estimate of drug-likeness (QED) is 0.0119. The lowest BCUT2D eigenvalue weighted by Crippen LogP contribution is -2.33. The maximum absolute atomic E-state index is 13.8. The van der Waals surface area contributed by atoms with Crippen molar-refractivity contribution in [2.24, 2.45) is 0 Å². The van der Waals surface area contributed by atoms with Crippen molar-refractivity contribution in [3.05, 3.63) is 104 Å². The highest BCUT2D eigenvalue weighted by atomic mass is 31.3. The van der Waals surface area contributed by atoms with E-state index in [0.29, 0.717) is 17.5 Å². The fourth-order valence-corrected chi connectivity index (χ4v) is 9.61. The molecule has 358 valence electrons. The molecule has 25 heteroatoms. The molecule has 0 bridgehead atoms. The largest absolute Gasteiger partial charge is 0.513 e. The number of esters is 1. The van der Waals surface area contributed by atoms with Crippen molar-refractivity contribution in [3.63, 3.8) is 0 Å². The molecule has 0 radical (unpaired) electrons. The molecule has 0 spiro atoms. The Labute approximate surface area is 370 Å². The van der Waals surface area contributed by atoms with E-state index in [-0.39, 0.29) is 42.4 Å². The van der Waals surface area contributed by atoms with Crippen LogP contribution in [0.4, 0.5) is 4.79 Å². The normalized spacial score (nSPS) is 17.2. The summed E-state index contributed by atoms with van der Waals surface area (Å²) in [4.78, 5) is 70.7. The predicted octanol–water partition coefficient (Wildman–Crippen LogP) is 8.78. The van der Waals surface area contributed by atoms with Gasteiger partial charge in [0.1, 0.15) is 17.6 Å². The first-order valence-electron chi connectivity index (χ1n) is 20.0. The van der Waals surface area contributed by atoms with E-state index in [1.54, 1.807) is 6.92 Å². The Kier molecular flexibility index (Phi) is 24.0. The Bertz CT molecular complexity index is 2220. The first-order valence-corrected chi connectivity index (χ1v) is 24.4. The van der Waals surface area contributed by atoms with Gasteiger partial charge in [0, 0.05) is 18.2 Å². The van der Waals surface area contributed by atoms with Crippen molar-refractivity contribution in [3.8, 4) is 11.5 Å². The minimum atomic E-state index is -5.81. The summed E-state index contributed by atoms with van der Waals surface area (Å²) in [6.07, 6.45) is 11.2. The molecule has 3 aromatic rings. The third-order valence-electron chi connectivity index (χ3n) is 8.85. The lowest BCUT2D eigenvalue weighted by Gasteiger charge is -2.22. The average molecular weight is 965 g/mol. The average Bonchev–Trinajstić information content (AvgIpc) is 3.70. The van der Waals surface area contributed by atoms with E-state index in [2.05, 4.69) is 16.2 Å². The summed E-state index contributed by atoms with van der Waals surface area (Å²) in [6.45, 7) is 3.60. The second-order valence-corrected chi connectivity index (χ2v) is 18.8. The third kappa shape index (κ3) is 20.0. The number of carbonyl (C=O) groups excluding carboxylic acids is 2. The number of phosphoric ester groups is 2. The zero-order valence-electron chi connectivity index (χ0n) is 36.0. The number of phosphoric acid groups is 3. The smallest absolute Gasteiger partial charge is 0.434 e. The minimum absolute atomic E-state index is 0. The first kappa shape index (κ1) is 56.0. The molecule has 4 rings (SSSR count). The van der Waals surface area contributed by atoms with Crippen LogP contribution in [0.2, 0.25) is 0 Å². The number of aryl methyl sites for hydroxylation is 1. The summed E-state index contributed by atoms with van der Waals surface area (Å²) < 4.78 is 86.5. The molecule has 22 nitrogen and oxygen atoms in total. The van der Waals surface area contributed by atoms with E-state index in [9.17, 15) is 42.7 Å². The maximum atomic E-state index is 13.8. The van der Waals surface area contributed by atoms with Crippen LogP contribution in [0.5, 0.6) is 11.5 Å². The number of unbranched alkanes of at least 4 members (excludes halogenated alkanes) is 8. The van der Waals surface area contributed by atoms with Crippen molar-refractivity contribution in [1.82, 2.24) is 21.9 Å². The number of aromatic amines is 1. The summed E-state index contributed by atoms with van der Waals surface area (Å²) in [5.41, 5.74) is -0.551. The van der Waals surface area contributed by atoms with E-state index in [1.165, 1.54) is 106 Å². The van der Waals surface area contributed by atoms with Crippen molar-refractivity contribution >= 4 is 35.6 Å². The Morgan fingerprint density at radius 1 is 0.734 bits per heavy atom. The van der Waals surface area contributed by atoms with Gasteiger partial charge in [-0.3, -0.25) is 32.7 Å². The van der Waals surface area contributed by atoms with E-state index >= 15 is 0 Å². The van der Waals surface area contributed by atoms with Crippen molar-refractivity contribution in [2.45, 2.75) is 111 Å². The molecular formula is C39H59N4O18P3. The summed E-state index contributed by atoms with van der Waals surface area (Å²) in [5.74, 6) is -0.157. The molecule has 1 aromatic heterocycles. The van der Waals surface area contributed by atoms with Gasteiger partial charge in [0.2, 0.25) is 0 Å². The van der Waals surface area contributed by atoms with Crippen LogP contribution in [0.3, 0.4) is 0 Å². The number of carbonyl (C=O) groups is 2. The number of rotatable bonds is 27. The molecule has 2 heterocycles. The molecule has 2 aromatic carbocycles. The second-order valence-electron chi connectivity index (χ2n) is 14.0. The summed E-state index contributed by atoms with van der Waals surface area (Å²) in [6, 6.07) is 11.3. The third-order valence-corrected chi connectivity index (χ3v) is 13.5. The van der Waals surface area contributed by atoms with Gasteiger partial charge in [-0.2, -0.15) is 8.62 Å². The highest BCUT2D eigenvalue weighted by Gasteiger charge is 2.44. The number of H-pyrrole nitrogens is 1. The van der Waals surface area contributed by atoms with Crippen LogP contribution in [-0.4, -0.2) is 50.8 Å². The van der Waals surface area contributed by atoms with Crippen LogP contribution in [0.1, 0.15) is 101 Å². The standard InChI is InChI=1S/C39H53N2O18P3.2H3N/c1-4-6-7-8-9-10-11-12-13-24-51-39(45)57-33-20-16-31(17-21-33)27-54-62(50,53-26-30-14-18-32(19-15-30)56-36(42)5-2)59-61(48,49)58-60(46,47)52-28-34-22-23-35(55-34)41-25-29(3)37(43)40-38(41)44;;/h14-23,25,34-35H,4-13,24,26-28H2,1-3H3,(H,46,47)(H,48,49)(H,40,43,44);2*1H3/t34-,35+,62?;;/m0../s1. The molecular weight excluding hydrogens is 905 g/mol.